The largest absolute Gasteiger partial charge is 0.493 e. The van der Waals surface area contributed by atoms with E-state index < -0.39 is 10.0 Å². The van der Waals surface area contributed by atoms with Crippen LogP contribution in [0, 0.1) is 0 Å². The van der Waals surface area contributed by atoms with Gasteiger partial charge in [-0.25, -0.2) is 13.4 Å². The van der Waals surface area contributed by atoms with E-state index in [9.17, 15) is 8.42 Å². The molecule has 0 amide bonds. The number of hydrogen-bond donors (Lipinski definition) is 1. The summed E-state index contributed by atoms with van der Waals surface area (Å²) in [7, 11) is -3.76. The molecular formula is C21H23N5O3S2. The quantitative estimate of drug-likeness (QED) is 0.623. The Bertz CT molecular complexity index is 1140. The Kier molecular flexibility index (Phi) is 5.59. The summed E-state index contributed by atoms with van der Waals surface area (Å²) in [6, 6.07) is 9.78. The molecule has 1 saturated heterocycles. The fourth-order valence-corrected chi connectivity index (χ4v) is 6.19. The molecule has 1 N–H and O–H groups in total. The standard InChI is InChI=1S/C21H23N5O3S2/c27-31(28,25-21-23-14-24-30-21)16-6-7-17-19(8-11-29-20(17)12-16)26-10-2-1-5-18(26)15-4-3-9-22-13-15/h3-4,6-7,9,12-14,18-19H,1-2,5,8,10-11H2,(H,23,24,25)/t18?,19-/m1/s1. The van der Waals surface area contributed by atoms with Crippen LogP contribution >= 0.6 is 11.5 Å². The minimum Gasteiger partial charge on any atom is -0.493 e. The van der Waals surface area contributed by atoms with Gasteiger partial charge in [0.25, 0.3) is 10.0 Å². The van der Waals surface area contributed by atoms with Crippen LogP contribution in [-0.2, 0) is 10.0 Å². The van der Waals surface area contributed by atoms with Crippen LogP contribution in [-0.4, -0.2) is 40.8 Å². The third kappa shape index (κ3) is 4.15. The number of ether oxygens (including phenoxy) is 1. The van der Waals surface area contributed by atoms with Gasteiger partial charge in [-0.1, -0.05) is 18.6 Å². The zero-order valence-electron chi connectivity index (χ0n) is 16.8. The van der Waals surface area contributed by atoms with Crippen LogP contribution in [0.3, 0.4) is 0 Å². The molecule has 1 unspecified atom stereocenters. The van der Waals surface area contributed by atoms with Gasteiger partial charge in [-0.2, -0.15) is 4.37 Å². The lowest BCUT2D eigenvalue weighted by Crippen LogP contribution is -2.39. The summed E-state index contributed by atoms with van der Waals surface area (Å²) in [5, 5.41) is 0.240. The zero-order valence-corrected chi connectivity index (χ0v) is 18.5. The number of hydrogen-bond acceptors (Lipinski definition) is 8. The first-order chi connectivity index (χ1) is 15.1. The Labute approximate surface area is 185 Å². The van der Waals surface area contributed by atoms with Crippen LogP contribution in [0.2, 0.25) is 0 Å². The number of benzene rings is 1. The second-order valence-corrected chi connectivity index (χ2v) is 10.2. The van der Waals surface area contributed by atoms with E-state index in [-0.39, 0.29) is 16.1 Å². The molecule has 162 valence electrons. The van der Waals surface area contributed by atoms with Crippen molar-refractivity contribution in [3.63, 3.8) is 0 Å². The molecule has 0 aliphatic carbocycles. The van der Waals surface area contributed by atoms with Crippen LogP contribution in [0.4, 0.5) is 5.13 Å². The third-order valence-electron chi connectivity index (χ3n) is 5.90. The number of rotatable bonds is 5. The van der Waals surface area contributed by atoms with Crippen molar-refractivity contribution in [2.75, 3.05) is 17.9 Å². The zero-order chi connectivity index (χ0) is 21.3. The number of nitrogens with one attached hydrogen (secondary N) is 1. The van der Waals surface area contributed by atoms with Gasteiger partial charge >= 0.3 is 0 Å². The lowest BCUT2D eigenvalue weighted by molar-refractivity contribution is 0.0666. The van der Waals surface area contributed by atoms with Crippen LogP contribution in [0.15, 0.2) is 53.9 Å². The highest BCUT2D eigenvalue weighted by Crippen LogP contribution is 2.44. The molecule has 0 radical (unpaired) electrons. The van der Waals surface area contributed by atoms with Crippen molar-refractivity contribution in [2.45, 2.75) is 42.7 Å². The molecule has 0 saturated carbocycles. The van der Waals surface area contributed by atoms with Gasteiger partial charge in [-0.15, -0.1) is 0 Å². The van der Waals surface area contributed by atoms with E-state index in [1.807, 2.05) is 18.3 Å². The maximum atomic E-state index is 12.8. The lowest BCUT2D eigenvalue weighted by atomic mass is 9.90. The van der Waals surface area contributed by atoms with Crippen molar-refractivity contribution in [1.82, 2.24) is 19.2 Å². The normalized spacial score (nSPS) is 21.8. The third-order valence-corrected chi connectivity index (χ3v) is 7.95. The number of nitrogens with zero attached hydrogens (tertiary/aromatic N) is 4. The Balaban J connectivity index is 1.45. The average molecular weight is 458 g/mol. The first-order valence-corrected chi connectivity index (χ1v) is 12.6. The summed E-state index contributed by atoms with van der Waals surface area (Å²) in [6.07, 6.45) is 9.40. The Morgan fingerprint density at radius 3 is 2.90 bits per heavy atom. The second-order valence-electron chi connectivity index (χ2n) is 7.74. The van der Waals surface area contributed by atoms with Gasteiger partial charge in [0.2, 0.25) is 5.13 Å². The summed E-state index contributed by atoms with van der Waals surface area (Å²) in [5.74, 6) is 0.631. The first kappa shape index (κ1) is 20.3. The first-order valence-electron chi connectivity index (χ1n) is 10.3. The number of anilines is 1. The van der Waals surface area contributed by atoms with Gasteiger partial charge in [0.05, 0.1) is 11.5 Å². The highest BCUT2D eigenvalue weighted by atomic mass is 32.2. The molecule has 1 aromatic carbocycles. The van der Waals surface area contributed by atoms with E-state index in [1.54, 1.807) is 18.3 Å². The fraction of sp³-hybridized carbons (Fsp3) is 0.381. The van der Waals surface area contributed by atoms with E-state index in [1.165, 1.54) is 18.3 Å². The Hall–Kier alpha value is -2.56. The molecular weight excluding hydrogens is 434 g/mol. The highest BCUT2D eigenvalue weighted by Gasteiger charge is 2.34. The predicted octanol–water partition coefficient (Wildman–Crippen LogP) is 3.78. The van der Waals surface area contributed by atoms with Gasteiger partial charge in [0.15, 0.2) is 0 Å². The SMILES string of the molecule is O=S(=O)(Nc1ncns1)c1ccc2c(c1)OCC[C@H]2N1CCCCC1c1cccnc1. The molecule has 31 heavy (non-hydrogen) atoms. The summed E-state index contributed by atoms with van der Waals surface area (Å²) >= 11 is 0.996. The molecule has 0 spiro atoms. The number of pyridine rings is 1. The van der Waals surface area contributed by atoms with Gasteiger partial charge in [-0.05, 0) is 37.1 Å². The Morgan fingerprint density at radius 1 is 1.16 bits per heavy atom. The summed E-state index contributed by atoms with van der Waals surface area (Å²) in [6.45, 7) is 1.56. The molecule has 0 bridgehead atoms. The number of aromatic nitrogens is 3. The topological polar surface area (TPSA) is 97.3 Å². The lowest BCUT2D eigenvalue weighted by Gasteiger charge is -2.43. The van der Waals surface area contributed by atoms with Crippen molar-refractivity contribution in [3.05, 3.63) is 60.2 Å². The van der Waals surface area contributed by atoms with Gasteiger partial charge < -0.3 is 4.74 Å². The van der Waals surface area contributed by atoms with Crippen molar-refractivity contribution >= 4 is 26.7 Å². The monoisotopic (exact) mass is 457 g/mol. The minimum atomic E-state index is -3.76. The molecule has 2 aliphatic rings. The fourth-order valence-electron chi connectivity index (χ4n) is 4.51. The summed E-state index contributed by atoms with van der Waals surface area (Å²) in [5.41, 5.74) is 2.27. The van der Waals surface area contributed by atoms with E-state index in [4.69, 9.17) is 4.74 Å². The van der Waals surface area contributed by atoms with E-state index in [0.29, 0.717) is 18.4 Å². The molecule has 3 aromatic rings. The summed E-state index contributed by atoms with van der Waals surface area (Å²) in [4.78, 5) is 10.9. The van der Waals surface area contributed by atoms with Gasteiger partial charge in [0.1, 0.15) is 12.1 Å². The van der Waals surface area contributed by atoms with E-state index in [0.717, 1.165) is 42.9 Å². The van der Waals surface area contributed by atoms with Crippen LogP contribution in [0.5, 0.6) is 5.75 Å². The van der Waals surface area contributed by atoms with E-state index >= 15 is 0 Å². The maximum absolute atomic E-state index is 12.8. The molecule has 2 aromatic heterocycles. The number of sulfonamides is 1. The molecule has 2 atom stereocenters. The van der Waals surface area contributed by atoms with Crippen LogP contribution < -0.4 is 9.46 Å². The number of piperidine rings is 1. The van der Waals surface area contributed by atoms with Crippen LogP contribution in [0.25, 0.3) is 0 Å². The molecule has 5 rings (SSSR count). The molecule has 2 aliphatic heterocycles. The van der Waals surface area contributed by atoms with E-state index in [2.05, 4.69) is 30.0 Å². The summed E-state index contributed by atoms with van der Waals surface area (Å²) < 4.78 is 37.7. The smallest absolute Gasteiger partial charge is 0.263 e. The minimum absolute atomic E-state index is 0.157. The number of fused-ring (bicyclic) bond motifs is 1. The van der Waals surface area contributed by atoms with Crippen molar-refractivity contribution in [2.24, 2.45) is 0 Å². The Morgan fingerprint density at radius 2 is 2.10 bits per heavy atom. The average Bonchev–Trinajstić information content (AvgIpc) is 3.31. The van der Waals surface area contributed by atoms with Crippen molar-refractivity contribution in [3.8, 4) is 5.75 Å². The molecule has 8 nitrogen and oxygen atoms in total. The maximum Gasteiger partial charge on any atom is 0.263 e. The molecule has 4 heterocycles. The second kappa shape index (κ2) is 8.52. The highest BCUT2D eigenvalue weighted by molar-refractivity contribution is 7.93. The van der Waals surface area contributed by atoms with Crippen LogP contribution in [0.1, 0.15) is 48.9 Å². The van der Waals surface area contributed by atoms with Crippen molar-refractivity contribution < 1.29 is 13.2 Å². The molecule has 10 heteroatoms. The molecule has 1 fully saturated rings. The number of likely N-dealkylation sites (tertiary alicyclic amines) is 1. The van der Waals surface area contributed by atoms with Crippen molar-refractivity contribution in [1.29, 1.82) is 0 Å². The predicted molar refractivity (Wildman–Crippen MR) is 118 cm³/mol. The van der Waals surface area contributed by atoms with Gasteiger partial charge in [0, 0.05) is 54.1 Å². The van der Waals surface area contributed by atoms with Gasteiger partial charge in [-0.3, -0.25) is 14.6 Å².